The smallest absolute Gasteiger partial charge is 0.0541 e. The molecule has 1 unspecified atom stereocenters. The van der Waals surface area contributed by atoms with Crippen molar-refractivity contribution in [1.82, 2.24) is 4.57 Å². The zero-order valence-electron chi connectivity index (χ0n) is 31.8. The minimum absolute atomic E-state index is 0.00485. The van der Waals surface area contributed by atoms with Crippen molar-refractivity contribution in [2.24, 2.45) is 0 Å². The monoisotopic (exact) mass is 700 g/mol. The van der Waals surface area contributed by atoms with E-state index in [-0.39, 0.29) is 11.5 Å². The lowest BCUT2D eigenvalue weighted by Crippen LogP contribution is -2.28. The average Bonchev–Trinajstić information content (AvgIpc) is 3.57. The zero-order valence-corrected chi connectivity index (χ0v) is 31.8. The minimum atomic E-state index is 0.00485. The maximum atomic E-state index is 2.50. The molecule has 0 bridgehead atoms. The number of hydrogen-bond acceptors (Lipinski definition) is 1. The lowest BCUT2D eigenvalue weighted by Gasteiger charge is -2.33. The lowest BCUT2D eigenvalue weighted by atomic mass is 9.78. The SMILES string of the molecule is C/C=C(\C=C/C(C)N(c1cccc(-c2ccccc2)c1)c1ccc2c(c1)C(C)(C)C/C=C\C=C/C2)c1ccc2c(c1)c1ccccc1n2-c1ccccc1. The van der Waals surface area contributed by atoms with Gasteiger partial charge in [0.05, 0.1) is 11.0 Å². The van der Waals surface area contributed by atoms with Crippen molar-refractivity contribution in [3.63, 3.8) is 0 Å². The van der Waals surface area contributed by atoms with E-state index in [0.717, 1.165) is 12.8 Å². The molecule has 2 heteroatoms. The topological polar surface area (TPSA) is 8.17 Å². The van der Waals surface area contributed by atoms with Crippen LogP contribution in [0.15, 0.2) is 188 Å². The number of allylic oxidation sites excluding steroid dienone is 7. The highest BCUT2D eigenvalue weighted by Crippen LogP contribution is 2.39. The summed E-state index contributed by atoms with van der Waals surface area (Å²) in [5.74, 6) is 0. The van der Waals surface area contributed by atoms with Crippen molar-refractivity contribution in [2.75, 3.05) is 4.90 Å². The van der Waals surface area contributed by atoms with Crippen LogP contribution in [0.1, 0.15) is 50.8 Å². The van der Waals surface area contributed by atoms with E-state index < -0.39 is 0 Å². The molecule has 0 spiro atoms. The summed E-state index contributed by atoms with van der Waals surface area (Å²) in [5, 5.41) is 2.52. The molecule has 0 saturated carbocycles. The Kier molecular flexibility index (Phi) is 9.76. The van der Waals surface area contributed by atoms with Gasteiger partial charge in [0.2, 0.25) is 0 Å². The molecular weight excluding hydrogens is 653 g/mol. The number of fused-ring (bicyclic) bond motifs is 4. The molecule has 0 aliphatic heterocycles. The second-order valence-corrected chi connectivity index (χ2v) is 15.0. The molecule has 0 saturated heterocycles. The molecule has 0 amide bonds. The maximum Gasteiger partial charge on any atom is 0.0541 e. The summed E-state index contributed by atoms with van der Waals surface area (Å²) in [6.07, 6.45) is 17.8. The molecule has 1 aliphatic carbocycles. The molecular formula is C52H48N2. The van der Waals surface area contributed by atoms with E-state index in [1.807, 2.05) is 0 Å². The van der Waals surface area contributed by atoms with Crippen molar-refractivity contribution in [2.45, 2.75) is 52.0 Å². The summed E-state index contributed by atoms with van der Waals surface area (Å²) in [7, 11) is 0. The summed E-state index contributed by atoms with van der Waals surface area (Å²) in [6.45, 7) is 9.21. The minimum Gasteiger partial charge on any atom is -0.335 e. The highest BCUT2D eigenvalue weighted by molar-refractivity contribution is 6.10. The molecule has 1 aromatic heterocycles. The van der Waals surface area contributed by atoms with Crippen molar-refractivity contribution in [3.05, 3.63) is 205 Å². The number of para-hydroxylation sites is 2. The van der Waals surface area contributed by atoms with Crippen LogP contribution < -0.4 is 4.90 Å². The summed E-state index contributed by atoms with van der Waals surface area (Å²) < 4.78 is 2.38. The fourth-order valence-corrected chi connectivity index (χ4v) is 8.13. The normalized spacial score (nSPS) is 16.0. The van der Waals surface area contributed by atoms with Gasteiger partial charge in [0.1, 0.15) is 0 Å². The molecule has 2 nitrogen and oxygen atoms in total. The highest BCUT2D eigenvalue weighted by Gasteiger charge is 2.25. The Morgan fingerprint density at radius 1 is 0.667 bits per heavy atom. The Morgan fingerprint density at radius 3 is 2.19 bits per heavy atom. The molecule has 0 radical (unpaired) electrons. The van der Waals surface area contributed by atoms with Crippen LogP contribution >= 0.6 is 0 Å². The third-order valence-corrected chi connectivity index (χ3v) is 11.0. The fraction of sp³-hybridized carbons (Fsp3) is 0.154. The third kappa shape index (κ3) is 6.88. The van der Waals surface area contributed by atoms with Crippen molar-refractivity contribution in [1.29, 1.82) is 0 Å². The first-order valence-corrected chi connectivity index (χ1v) is 19.2. The van der Waals surface area contributed by atoms with Gasteiger partial charge >= 0.3 is 0 Å². The van der Waals surface area contributed by atoms with E-state index in [9.17, 15) is 0 Å². The largest absolute Gasteiger partial charge is 0.335 e. The van der Waals surface area contributed by atoms with Gasteiger partial charge in [-0.25, -0.2) is 0 Å². The number of anilines is 2. The van der Waals surface area contributed by atoms with Gasteiger partial charge in [-0.2, -0.15) is 0 Å². The molecule has 266 valence electrons. The van der Waals surface area contributed by atoms with Gasteiger partial charge in [0, 0.05) is 33.9 Å². The first kappa shape index (κ1) is 34.9. The quantitative estimate of drug-likeness (QED) is 0.143. The average molecular weight is 701 g/mol. The molecule has 0 fully saturated rings. The molecule has 1 aliphatic rings. The fourth-order valence-electron chi connectivity index (χ4n) is 8.13. The number of aromatic nitrogens is 1. The molecule has 54 heavy (non-hydrogen) atoms. The van der Waals surface area contributed by atoms with E-state index in [1.54, 1.807) is 0 Å². The van der Waals surface area contributed by atoms with Crippen LogP contribution in [-0.2, 0) is 11.8 Å². The molecule has 0 N–H and O–H groups in total. The molecule has 8 rings (SSSR count). The van der Waals surface area contributed by atoms with Crippen LogP contribution in [0.5, 0.6) is 0 Å². The van der Waals surface area contributed by atoms with E-state index in [0.29, 0.717) is 0 Å². The molecule has 6 aromatic carbocycles. The van der Waals surface area contributed by atoms with Gasteiger partial charge in [0.15, 0.2) is 0 Å². The van der Waals surface area contributed by atoms with Gasteiger partial charge in [0.25, 0.3) is 0 Å². The maximum absolute atomic E-state index is 2.50. The Bertz CT molecular complexity index is 2540. The van der Waals surface area contributed by atoms with Gasteiger partial charge in [-0.05, 0) is 120 Å². The Morgan fingerprint density at radius 2 is 1.37 bits per heavy atom. The predicted octanol–water partition coefficient (Wildman–Crippen LogP) is 14.0. The van der Waals surface area contributed by atoms with Crippen LogP contribution in [0.25, 0.3) is 44.2 Å². The molecule has 1 heterocycles. The highest BCUT2D eigenvalue weighted by atomic mass is 15.2. The Hall–Kier alpha value is -6.12. The van der Waals surface area contributed by atoms with Gasteiger partial charge in [-0.15, -0.1) is 0 Å². The van der Waals surface area contributed by atoms with Crippen LogP contribution in [0.4, 0.5) is 11.4 Å². The van der Waals surface area contributed by atoms with Gasteiger partial charge in [-0.1, -0.05) is 147 Å². The number of nitrogens with zero attached hydrogens (tertiary/aromatic N) is 2. The van der Waals surface area contributed by atoms with Crippen LogP contribution in [-0.4, -0.2) is 10.6 Å². The third-order valence-electron chi connectivity index (χ3n) is 11.0. The van der Waals surface area contributed by atoms with E-state index in [4.69, 9.17) is 0 Å². The Labute approximate surface area is 320 Å². The predicted molar refractivity (Wildman–Crippen MR) is 233 cm³/mol. The van der Waals surface area contributed by atoms with Crippen LogP contribution in [0.2, 0.25) is 0 Å². The van der Waals surface area contributed by atoms with Gasteiger partial charge < -0.3 is 9.47 Å². The second-order valence-electron chi connectivity index (χ2n) is 15.0. The summed E-state index contributed by atoms with van der Waals surface area (Å²) >= 11 is 0. The summed E-state index contributed by atoms with van der Waals surface area (Å²) in [5.41, 5.74) is 13.6. The van der Waals surface area contributed by atoms with Crippen LogP contribution in [0, 0.1) is 0 Å². The van der Waals surface area contributed by atoms with Crippen LogP contribution in [0.3, 0.4) is 0 Å². The standard InChI is InChI=1S/C52H48N2/c1-5-39(43-31-33-51-48(36-43)47-26-15-16-27-50(47)54(51)44-23-13-9-14-24-44)29-28-38(2)53(45-25-18-22-42(35-45)40-19-11-8-12-20-40)46-32-30-41-21-10-6-7-17-34-52(3,4)49(41)37-46/h5-20,22-33,35-38H,21,34H2,1-4H3/b10-6-,17-7-,29-28-,39-5+. The molecule has 1 atom stereocenters. The second kappa shape index (κ2) is 15.1. The van der Waals surface area contributed by atoms with Gasteiger partial charge in [-0.3, -0.25) is 0 Å². The van der Waals surface area contributed by atoms with E-state index in [2.05, 4.69) is 225 Å². The van der Waals surface area contributed by atoms with E-state index in [1.165, 1.54) is 72.3 Å². The number of hydrogen-bond donors (Lipinski definition) is 0. The summed E-state index contributed by atoms with van der Waals surface area (Å²) in [6, 6.07) is 53.2. The molecule has 7 aromatic rings. The first-order valence-electron chi connectivity index (χ1n) is 19.2. The van der Waals surface area contributed by atoms with E-state index >= 15 is 0 Å². The zero-order chi connectivity index (χ0) is 37.1. The summed E-state index contributed by atoms with van der Waals surface area (Å²) in [4.78, 5) is 2.50. The van der Waals surface area contributed by atoms with Crippen molar-refractivity contribution in [3.8, 4) is 16.8 Å². The van der Waals surface area contributed by atoms with Crippen molar-refractivity contribution >= 4 is 38.8 Å². The van der Waals surface area contributed by atoms with Crippen molar-refractivity contribution < 1.29 is 0 Å². The first-order chi connectivity index (χ1) is 26.4. The number of rotatable bonds is 8. The Balaban J connectivity index is 1.20. The number of benzene rings is 6. The lowest BCUT2D eigenvalue weighted by molar-refractivity contribution is 0.530.